The van der Waals surface area contributed by atoms with E-state index in [4.69, 9.17) is 0 Å². The number of hydrogen-bond donors (Lipinski definition) is 1. The molecule has 0 bridgehead atoms. The van der Waals surface area contributed by atoms with Gasteiger partial charge >= 0.3 is 21.6 Å². The lowest BCUT2D eigenvalue weighted by Gasteiger charge is -2.09. The van der Waals surface area contributed by atoms with Crippen LogP contribution in [0.5, 0.6) is 5.88 Å². The zero-order valence-electron chi connectivity index (χ0n) is 26.5. The van der Waals surface area contributed by atoms with Gasteiger partial charge in [-0.05, 0) is 57.2 Å². The third-order valence-electron chi connectivity index (χ3n) is 6.15. The summed E-state index contributed by atoms with van der Waals surface area (Å²) in [4.78, 5) is 45.3. The third kappa shape index (κ3) is 11.0. The molecule has 14 nitrogen and oxygen atoms in total. The van der Waals surface area contributed by atoms with E-state index in [0.29, 0.717) is 24.3 Å². The second-order valence-electron chi connectivity index (χ2n) is 9.55. The van der Waals surface area contributed by atoms with Gasteiger partial charge in [-0.3, -0.25) is 39.1 Å². The van der Waals surface area contributed by atoms with Crippen molar-refractivity contribution in [3.05, 3.63) is 102 Å². The average molecular weight is 704 g/mol. The quantitative estimate of drug-likeness (QED) is 0.0702. The van der Waals surface area contributed by atoms with E-state index >= 15 is 0 Å². The number of H-pyrrole nitrogens is 1. The summed E-state index contributed by atoms with van der Waals surface area (Å²) in [7, 11) is -5.73. The number of hydrogen-bond acceptors (Lipinski definition) is 11. The Balaban J connectivity index is 0.000000206. The van der Waals surface area contributed by atoms with E-state index in [1.54, 1.807) is 67.5 Å². The molecule has 5 rings (SSSR count). The standard InChI is InChI=1S/C11H10F3N3O3S.C10H11N3O.C10H11NO3/c1-2-17-10(20-21(18,19)11(12,13)14)6-9(16-17)8-4-3-5-15-7-8;1-2-13-10(14)6-9(12-13)8-4-3-5-11-7-8;1-2-14-10(13)6-9(12)8-4-3-5-11-7-8/h3-7H,2H2,1H3;3-7,12H,2H2,1H3;3-5,7H,2,6H2,1H3. The SMILES string of the molecule is CCOC(=O)CC(=O)c1cccnc1.CCn1[nH]c(-c2cccnc2)cc1=O.CCn1nc(-c2cccnc2)cc1OS(=O)(=O)C(F)(F)F. The highest BCUT2D eigenvalue weighted by Crippen LogP contribution is 2.29. The number of ketones is 1. The highest BCUT2D eigenvalue weighted by Gasteiger charge is 2.49. The molecule has 0 aromatic carbocycles. The number of aromatic nitrogens is 7. The molecule has 0 spiro atoms. The molecular weight excluding hydrogens is 671 g/mol. The number of aryl methyl sites for hydroxylation is 2. The summed E-state index contributed by atoms with van der Waals surface area (Å²) in [6, 6.07) is 13.0. The average Bonchev–Trinajstić information content (AvgIpc) is 3.68. The van der Waals surface area contributed by atoms with Crippen LogP contribution in [0.25, 0.3) is 22.5 Å². The number of halogens is 3. The number of pyridine rings is 3. The molecule has 0 saturated carbocycles. The largest absolute Gasteiger partial charge is 0.534 e. The summed E-state index contributed by atoms with van der Waals surface area (Å²) < 4.78 is 70.4. The Kier molecular flexibility index (Phi) is 13.5. The highest BCUT2D eigenvalue weighted by molar-refractivity contribution is 7.87. The lowest BCUT2D eigenvalue weighted by atomic mass is 10.1. The van der Waals surface area contributed by atoms with Crippen molar-refractivity contribution in [2.24, 2.45) is 0 Å². The van der Waals surface area contributed by atoms with Gasteiger partial charge in [-0.2, -0.15) is 26.7 Å². The number of alkyl halides is 3. The smallest absolute Gasteiger partial charge is 0.466 e. The van der Waals surface area contributed by atoms with E-state index in [-0.39, 0.29) is 30.0 Å². The number of rotatable bonds is 10. The molecule has 0 saturated heterocycles. The van der Waals surface area contributed by atoms with Crippen molar-refractivity contribution in [2.45, 2.75) is 45.8 Å². The van der Waals surface area contributed by atoms with Gasteiger partial charge in [0.1, 0.15) is 6.42 Å². The number of carbonyl (C=O) groups is 2. The third-order valence-corrected chi connectivity index (χ3v) is 7.11. The molecule has 0 fully saturated rings. The first kappa shape index (κ1) is 37.8. The summed E-state index contributed by atoms with van der Waals surface area (Å²) in [5.41, 5.74) is -2.55. The van der Waals surface area contributed by atoms with Gasteiger partial charge in [-0.15, -0.1) is 0 Å². The van der Waals surface area contributed by atoms with Crippen LogP contribution in [0, 0.1) is 0 Å². The Morgan fingerprint density at radius 2 is 1.49 bits per heavy atom. The molecule has 5 heterocycles. The van der Waals surface area contributed by atoms with Crippen LogP contribution in [0.4, 0.5) is 13.2 Å². The fourth-order valence-corrected chi connectivity index (χ4v) is 4.27. The van der Waals surface area contributed by atoms with Crippen LogP contribution < -0.4 is 9.74 Å². The van der Waals surface area contributed by atoms with Crippen LogP contribution in [-0.2, 0) is 32.7 Å². The molecular formula is C31H32F3N7O7S. The summed E-state index contributed by atoms with van der Waals surface area (Å²) in [6.07, 6.45) is 9.18. The normalized spacial score (nSPS) is 11.0. The Bertz CT molecular complexity index is 1970. The summed E-state index contributed by atoms with van der Waals surface area (Å²) in [6.45, 7) is 6.30. The summed E-state index contributed by atoms with van der Waals surface area (Å²) in [5, 5.41) is 7.00. The minimum atomic E-state index is -5.73. The topological polar surface area (TPSA) is 181 Å². The molecule has 0 amide bonds. The summed E-state index contributed by atoms with van der Waals surface area (Å²) >= 11 is 0. The van der Waals surface area contributed by atoms with Gasteiger partial charge in [0, 0.05) is 79.1 Å². The molecule has 18 heteroatoms. The minimum Gasteiger partial charge on any atom is -0.466 e. The Labute approximate surface area is 278 Å². The maximum absolute atomic E-state index is 12.3. The highest BCUT2D eigenvalue weighted by atomic mass is 32.2. The maximum atomic E-state index is 12.3. The second-order valence-corrected chi connectivity index (χ2v) is 11.1. The van der Waals surface area contributed by atoms with Crippen molar-refractivity contribution < 1.29 is 40.1 Å². The predicted octanol–water partition coefficient (Wildman–Crippen LogP) is 4.67. The number of Topliss-reactive ketones (excluding diaryl/α,β-unsaturated/α-hetero) is 1. The van der Waals surface area contributed by atoms with Crippen LogP contribution in [0.1, 0.15) is 37.6 Å². The molecule has 5 aromatic heterocycles. The number of carbonyl (C=O) groups excluding carboxylic acids is 2. The van der Waals surface area contributed by atoms with Crippen molar-refractivity contribution in [3.63, 3.8) is 0 Å². The first-order chi connectivity index (χ1) is 23.3. The predicted molar refractivity (Wildman–Crippen MR) is 171 cm³/mol. The molecule has 260 valence electrons. The molecule has 0 unspecified atom stereocenters. The lowest BCUT2D eigenvalue weighted by Crippen LogP contribution is -2.28. The fourth-order valence-electron chi connectivity index (χ4n) is 3.82. The van der Waals surface area contributed by atoms with Crippen LogP contribution in [0.3, 0.4) is 0 Å². The summed E-state index contributed by atoms with van der Waals surface area (Å²) in [5.74, 6) is -1.27. The van der Waals surface area contributed by atoms with Gasteiger partial charge < -0.3 is 8.92 Å². The van der Waals surface area contributed by atoms with Crippen molar-refractivity contribution in [2.75, 3.05) is 6.61 Å². The lowest BCUT2D eigenvalue weighted by molar-refractivity contribution is -0.141. The van der Waals surface area contributed by atoms with Gasteiger partial charge in [0.15, 0.2) is 5.78 Å². The molecule has 0 aliphatic heterocycles. The number of nitrogens with zero attached hydrogens (tertiary/aromatic N) is 6. The second kappa shape index (κ2) is 17.5. The first-order valence-corrected chi connectivity index (χ1v) is 16.0. The van der Waals surface area contributed by atoms with E-state index in [2.05, 4.69) is 34.1 Å². The Hall–Kier alpha value is -5.65. The molecule has 0 radical (unpaired) electrons. The maximum Gasteiger partial charge on any atom is 0.534 e. The van der Waals surface area contributed by atoms with Gasteiger partial charge in [0.05, 0.1) is 18.0 Å². The van der Waals surface area contributed by atoms with E-state index in [1.165, 1.54) is 18.6 Å². The van der Waals surface area contributed by atoms with Crippen molar-refractivity contribution in [1.82, 2.24) is 34.5 Å². The molecule has 49 heavy (non-hydrogen) atoms. The minimum absolute atomic E-state index is 0.00801. The monoisotopic (exact) mass is 703 g/mol. The zero-order chi connectivity index (χ0) is 36.0. The van der Waals surface area contributed by atoms with E-state index in [1.807, 2.05) is 19.1 Å². The Morgan fingerprint density at radius 3 is 1.98 bits per heavy atom. The van der Waals surface area contributed by atoms with E-state index < -0.39 is 27.5 Å². The fraction of sp³-hybridized carbons (Fsp3) is 0.258. The van der Waals surface area contributed by atoms with Crippen LogP contribution in [0.2, 0.25) is 0 Å². The van der Waals surface area contributed by atoms with E-state index in [0.717, 1.165) is 22.0 Å². The van der Waals surface area contributed by atoms with Crippen LogP contribution in [0.15, 0.2) is 90.5 Å². The van der Waals surface area contributed by atoms with Gasteiger partial charge in [0.2, 0.25) is 5.88 Å². The van der Waals surface area contributed by atoms with Gasteiger partial charge in [-0.1, -0.05) is 0 Å². The van der Waals surface area contributed by atoms with Crippen molar-refractivity contribution in [3.8, 4) is 28.4 Å². The molecule has 0 atom stereocenters. The van der Waals surface area contributed by atoms with Gasteiger partial charge in [0.25, 0.3) is 5.56 Å². The Morgan fingerprint density at radius 1 is 0.878 bits per heavy atom. The number of ether oxygens (including phenoxy) is 1. The van der Waals surface area contributed by atoms with Gasteiger partial charge in [-0.25, -0.2) is 4.68 Å². The number of aromatic amines is 1. The zero-order valence-corrected chi connectivity index (χ0v) is 27.3. The van der Waals surface area contributed by atoms with Crippen molar-refractivity contribution >= 4 is 21.9 Å². The van der Waals surface area contributed by atoms with Crippen molar-refractivity contribution in [1.29, 1.82) is 0 Å². The molecule has 0 aliphatic rings. The first-order valence-electron chi connectivity index (χ1n) is 14.6. The molecule has 1 N–H and O–H groups in total. The van der Waals surface area contributed by atoms with Crippen LogP contribution >= 0.6 is 0 Å². The molecule has 0 aliphatic carbocycles. The van der Waals surface area contributed by atoms with Crippen LogP contribution in [-0.4, -0.2) is 66.8 Å². The van der Waals surface area contributed by atoms with E-state index in [9.17, 15) is 36.0 Å². The number of nitrogens with one attached hydrogen (secondary N) is 1. The number of esters is 1. The molecule has 5 aromatic rings.